The first-order chi connectivity index (χ1) is 10.6. The number of hydrogen-bond acceptors (Lipinski definition) is 4. The fourth-order valence-corrected chi connectivity index (χ4v) is 4.42. The third-order valence-corrected chi connectivity index (χ3v) is 5.08. The van der Waals surface area contributed by atoms with Crippen LogP contribution in [-0.2, 0) is 9.53 Å². The highest BCUT2D eigenvalue weighted by Crippen LogP contribution is 2.46. The maximum absolute atomic E-state index is 12.5. The van der Waals surface area contributed by atoms with Crippen LogP contribution in [-0.4, -0.2) is 39.5 Å². The molecule has 1 amide bonds. The van der Waals surface area contributed by atoms with Gasteiger partial charge in [-0.05, 0) is 32.9 Å². The Bertz CT molecular complexity index is 612. The van der Waals surface area contributed by atoms with Crippen LogP contribution < -0.4 is 0 Å². The van der Waals surface area contributed by atoms with Crippen LogP contribution in [0.25, 0.3) is 0 Å². The Balaban J connectivity index is 2.42. The molecule has 1 aromatic rings. The van der Waals surface area contributed by atoms with E-state index >= 15 is 0 Å². The monoisotopic (exact) mass is 377 g/mol. The molecule has 1 aromatic carbocycles. The Hall–Kier alpha value is -1.11. The lowest BCUT2D eigenvalue weighted by Gasteiger charge is -2.31. The van der Waals surface area contributed by atoms with Gasteiger partial charge in [-0.15, -0.1) is 11.8 Å². The van der Waals surface area contributed by atoms with Crippen LogP contribution in [0.5, 0.6) is 0 Å². The largest absolute Gasteiger partial charge is 0.480 e. The van der Waals surface area contributed by atoms with Crippen molar-refractivity contribution in [2.24, 2.45) is 0 Å². The van der Waals surface area contributed by atoms with Crippen LogP contribution in [0.1, 0.15) is 31.7 Å². The molecule has 5 nitrogen and oxygen atoms in total. The Morgan fingerprint density at radius 3 is 2.35 bits per heavy atom. The Labute approximate surface area is 148 Å². The molecule has 126 valence electrons. The molecule has 0 saturated carbocycles. The van der Waals surface area contributed by atoms with E-state index in [1.165, 1.54) is 16.7 Å². The highest BCUT2D eigenvalue weighted by molar-refractivity contribution is 7.99. The Morgan fingerprint density at radius 1 is 1.30 bits per heavy atom. The Kier molecular flexibility index (Phi) is 5.38. The van der Waals surface area contributed by atoms with Crippen LogP contribution in [0.3, 0.4) is 0 Å². The maximum Gasteiger partial charge on any atom is 0.412 e. The summed E-state index contributed by atoms with van der Waals surface area (Å²) in [5.74, 6) is -0.852. The van der Waals surface area contributed by atoms with Crippen molar-refractivity contribution in [2.45, 2.75) is 37.8 Å². The SMILES string of the molecule is CC(C)(C)OC(=O)N1C(c2c(Cl)cccc2Cl)SC[C@@H]1C(=O)O. The van der Waals surface area contributed by atoms with Crippen LogP contribution in [0.4, 0.5) is 4.79 Å². The number of hydrogen-bond donors (Lipinski definition) is 1. The third kappa shape index (κ3) is 4.05. The van der Waals surface area contributed by atoms with E-state index in [9.17, 15) is 14.7 Å². The molecule has 1 aliphatic heterocycles. The topological polar surface area (TPSA) is 66.8 Å². The van der Waals surface area contributed by atoms with Crippen LogP contribution >= 0.6 is 35.0 Å². The van der Waals surface area contributed by atoms with Crippen molar-refractivity contribution in [2.75, 3.05) is 5.75 Å². The lowest BCUT2D eigenvalue weighted by atomic mass is 10.1. The summed E-state index contributed by atoms with van der Waals surface area (Å²) in [6, 6.07) is 4.02. The van der Waals surface area contributed by atoms with Gasteiger partial charge in [-0.2, -0.15) is 0 Å². The van der Waals surface area contributed by atoms with Crippen LogP contribution in [0.15, 0.2) is 18.2 Å². The number of aliphatic carboxylic acids is 1. The molecule has 23 heavy (non-hydrogen) atoms. The van der Waals surface area contributed by atoms with E-state index in [1.54, 1.807) is 39.0 Å². The van der Waals surface area contributed by atoms with E-state index in [0.717, 1.165) is 0 Å². The fourth-order valence-electron chi connectivity index (χ4n) is 2.20. The predicted octanol–water partition coefficient (Wildman–Crippen LogP) is 4.43. The number of halogens is 2. The van der Waals surface area contributed by atoms with E-state index in [-0.39, 0.29) is 5.75 Å². The van der Waals surface area contributed by atoms with E-state index in [1.807, 2.05) is 0 Å². The standard InChI is InChI=1S/C15H17Cl2NO4S/c1-15(2,3)22-14(21)18-10(13(19)20)7-23-12(18)11-8(16)5-4-6-9(11)17/h4-6,10,12H,7H2,1-3H3,(H,19,20)/t10-,12?/m1/s1. The van der Waals surface area contributed by atoms with Crippen molar-refractivity contribution in [3.63, 3.8) is 0 Å². The summed E-state index contributed by atoms with van der Waals surface area (Å²) in [4.78, 5) is 25.2. The zero-order valence-electron chi connectivity index (χ0n) is 12.9. The van der Waals surface area contributed by atoms with Gasteiger partial charge >= 0.3 is 12.1 Å². The van der Waals surface area contributed by atoms with Crippen molar-refractivity contribution in [1.82, 2.24) is 4.90 Å². The van der Waals surface area contributed by atoms with Gasteiger partial charge in [-0.25, -0.2) is 9.59 Å². The van der Waals surface area contributed by atoms with Gasteiger partial charge in [0.15, 0.2) is 0 Å². The quantitative estimate of drug-likeness (QED) is 0.825. The summed E-state index contributed by atoms with van der Waals surface area (Å²) in [7, 11) is 0. The summed E-state index contributed by atoms with van der Waals surface area (Å²) in [6.07, 6.45) is -0.698. The number of rotatable bonds is 2. The lowest BCUT2D eigenvalue weighted by Crippen LogP contribution is -2.45. The highest BCUT2D eigenvalue weighted by atomic mass is 35.5. The van der Waals surface area contributed by atoms with Crippen molar-refractivity contribution < 1.29 is 19.4 Å². The molecule has 1 fully saturated rings. The summed E-state index contributed by atoms with van der Waals surface area (Å²) in [5.41, 5.74) is -0.210. The molecule has 0 radical (unpaired) electrons. The van der Waals surface area contributed by atoms with Gasteiger partial charge in [0.1, 0.15) is 17.0 Å². The first-order valence-corrected chi connectivity index (χ1v) is 8.72. The summed E-state index contributed by atoms with van der Waals surface area (Å²) < 4.78 is 5.36. The van der Waals surface area contributed by atoms with E-state index in [2.05, 4.69) is 0 Å². The zero-order chi connectivity index (χ0) is 17.4. The van der Waals surface area contributed by atoms with E-state index < -0.39 is 29.1 Å². The predicted molar refractivity (Wildman–Crippen MR) is 91.2 cm³/mol. The minimum absolute atomic E-state index is 0.237. The number of amides is 1. The maximum atomic E-state index is 12.5. The van der Waals surface area contributed by atoms with E-state index in [0.29, 0.717) is 15.6 Å². The average molecular weight is 378 g/mol. The van der Waals surface area contributed by atoms with Crippen molar-refractivity contribution in [1.29, 1.82) is 0 Å². The second kappa shape index (κ2) is 6.79. The number of benzene rings is 1. The van der Waals surface area contributed by atoms with Gasteiger partial charge < -0.3 is 9.84 Å². The molecular formula is C15H17Cl2NO4S. The van der Waals surface area contributed by atoms with Gasteiger partial charge in [0, 0.05) is 21.4 Å². The average Bonchev–Trinajstić information content (AvgIpc) is 2.81. The molecule has 1 aliphatic rings. The number of nitrogens with zero attached hydrogens (tertiary/aromatic N) is 1. The first-order valence-electron chi connectivity index (χ1n) is 6.91. The van der Waals surface area contributed by atoms with Crippen molar-refractivity contribution in [3.05, 3.63) is 33.8 Å². The normalized spacial score (nSPS) is 21.3. The number of carboxylic acid groups (broad SMARTS) is 1. The molecule has 1 saturated heterocycles. The minimum atomic E-state index is -1.09. The number of ether oxygens (including phenoxy) is 1. The van der Waals surface area contributed by atoms with Gasteiger partial charge in [0.05, 0.1) is 0 Å². The molecule has 0 aromatic heterocycles. The lowest BCUT2D eigenvalue weighted by molar-refractivity contribution is -0.142. The molecule has 8 heteroatoms. The zero-order valence-corrected chi connectivity index (χ0v) is 15.2. The number of carboxylic acids is 1. The van der Waals surface area contributed by atoms with Gasteiger partial charge in [-0.3, -0.25) is 4.90 Å². The summed E-state index contributed by atoms with van der Waals surface area (Å²) in [6.45, 7) is 5.17. The van der Waals surface area contributed by atoms with Gasteiger partial charge in [-0.1, -0.05) is 29.3 Å². The highest BCUT2D eigenvalue weighted by Gasteiger charge is 2.45. The third-order valence-electron chi connectivity index (χ3n) is 3.14. The molecular weight excluding hydrogens is 361 g/mol. The number of carbonyl (C=O) groups is 2. The molecule has 2 atom stereocenters. The fraction of sp³-hybridized carbons (Fsp3) is 0.467. The van der Waals surface area contributed by atoms with Crippen molar-refractivity contribution in [3.8, 4) is 0 Å². The molecule has 0 spiro atoms. The molecule has 1 N–H and O–H groups in total. The van der Waals surface area contributed by atoms with Gasteiger partial charge in [0.25, 0.3) is 0 Å². The van der Waals surface area contributed by atoms with Gasteiger partial charge in [0.2, 0.25) is 0 Å². The second-order valence-electron chi connectivity index (χ2n) is 6.06. The molecule has 0 bridgehead atoms. The smallest absolute Gasteiger partial charge is 0.412 e. The molecule has 2 rings (SSSR count). The van der Waals surface area contributed by atoms with Crippen LogP contribution in [0, 0.1) is 0 Å². The second-order valence-corrected chi connectivity index (χ2v) is 7.99. The van der Waals surface area contributed by atoms with Crippen molar-refractivity contribution >= 4 is 47.0 Å². The summed E-state index contributed by atoms with van der Waals surface area (Å²) in [5, 5.41) is 9.57. The summed E-state index contributed by atoms with van der Waals surface area (Å²) >= 11 is 13.7. The van der Waals surface area contributed by atoms with E-state index in [4.69, 9.17) is 27.9 Å². The minimum Gasteiger partial charge on any atom is -0.480 e. The Morgan fingerprint density at radius 2 is 1.87 bits per heavy atom. The molecule has 1 unspecified atom stereocenters. The molecule has 1 heterocycles. The molecule has 0 aliphatic carbocycles. The number of carbonyl (C=O) groups excluding carboxylic acids is 1. The number of thioether (sulfide) groups is 1. The first kappa shape index (κ1) is 18.2. The van der Waals surface area contributed by atoms with Crippen LogP contribution in [0.2, 0.25) is 10.0 Å².